The van der Waals surface area contributed by atoms with E-state index in [1.54, 1.807) is 0 Å². The van der Waals surface area contributed by atoms with Gasteiger partial charge in [0.15, 0.2) is 0 Å². The summed E-state index contributed by atoms with van der Waals surface area (Å²) in [6.07, 6.45) is 2.21. The van der Waals surface area contributed by atoms with Gasteiger partial charge in [0.05, 0.1) is 6.61 Å². The summed E-state index contributed by atoms with van der Waals surface area (Å²) < 4.78 is 0. The average molecular weight is 278 g/mol. The maximum atomic E-state index is 9.34. The summed E-state index contributed by atoms with van der Waals surface area (Å²) in [5.41, 5.74) is 7.28. The maximum Gasteiger partial charge on any atom is 0.0558 e. The van der Waals surface area contributed by atoms with Crippen molar-refractivity contribution in [3.8, 4) is 0 Å². The smallest absolute Gasteiger partial charge is 0.0558 e. The first-order chi connectivity index (χ1) is 9.61. The van der Waals surface area contributed by atoms with E-state index in [2.05, 4.69) is 49.9 Å². The number of hydrogen-bond donors (Lipinski definition) is 2. The molecule has 0 radical (unpaired) electrons. The lowest BCUT2D eigenvalue weighted by atomic mass is 9.81. The quantitative estimate of drug-likeness (QED) is 0.729. The number of aliphatic hydroxyl groups excluding tert-OH is 1. The Kier molecular flexibility index (Phi) is 7.20. The molecule has 114 valence electrons. The van der Waals surface area contributed by atoms with Crippen LogP contribution in [0.5, 0.6) is 0 Å². The zero-order valence-electron chi connectivity index (χ0n) is 13.2. The molecule has 1 atom stereocenters. The first kappa shape index (κ1) is 17.2. The molecule has 0 bridgehead atoms. The van der Waals surface area contributed by atoms with Crippen LogP contribution in [0.2, 0.25) is 0 Å². The van der Waals surface area contributed by atoms with E-state index >= 15 is 0 Å². The zero-order valence-corrected chi connectivity index (χ0v) is 13.2. The molecule has 0 saturated carbocycles. The van der Waals surface area contributed by atoms with Gasteiger partial charge in [0.1, 0.15) is 0 Å². The Balaban J connectivity index is 2.93. The summed E-state index contributed by atoms with van der Waals surface area (Å²) in [6.45, 7) is 9.05. The SMILES string of the molecule is CCC(CC)N(CCO)CC(C)(CN)c1ccccc1. The predicted octanol–water partition coefficient (Wildman–Crippen LogP) is 2.39. The summed E-state index contributed by atoms with van der Waals surface area (Å²) >= 11 is 0. The van der Waals surface area contributed by atoms with Crippen LogP contribution in [0.3, 0.4) is 0 Å². The van der Waals surface area contributed by atoms with Gasteiger partial charge in [0.2, 0.25) is 0 Å². The second-order valence-electron chi connectivity index (χ2n) is 5.80. The van der Waals surface area contributed by atoms with Gasteiger partial charge in [-0.1, -0.05) is 51.1 Å². The number of rotatable bonds is 9. The Morgan fingerprint density at radius 2 is 1.80 bits per heavy atom. The summed E-state index contributed by atoms with van der Waals surface area (Å²) in [6, 6.07) is 11.0. The molecule has 0 aromatic heterocycles. The standard InChI is InChI=1S/C17H30N2O/c1-4-16(5-2)19(11-12-20)14-17(3,13-18)15-9-7-6-8-10-15/h6-10,16,20H,4-5,11-14,18H2,1-3H3. The van der Waals surface area contributed by atoms with Crippen molar-refractivity contribution < 1.29 is 5.11 Å². The first-order valence-corrected chi connectivity index (χ1v) is 7.71. The molecule has 3 N–H and O–H groups in total. The van der Waals surface area contributed by atoms with Crippen molar-refractivity contribution in [1.29, 1.82) is 0 Å². The highest BCUT2D eigenvalue weighted by molar-refractivity contribution is 5.25. The van der Waals surface area contributed by atoms with Gasteiger partial charge in [-0.25, -0.2) is 0 Å². The lowest BCUT2D eigenvalue weighted by Crippen LogP contribution is -2.48. The van der Waals surface area contributed by atoms with E-state index in [0.29, 0.717) is 12.6 Å². The summed E-state index contributed by atoms with van der Waals surface area (Å²) in [7, 11) is 0. The van der Waals surface area contributed by atoms with E-state index in [9.17, 15) is 5.11 Å². The molecule has 0 amide bonds. The normalized spacial score (nSPS) is 14.8. The first-order valence-electron chi connectivity index (χ1n) is 7.71. The van der Waals surface area contributed by atoms with Crippen molar-refractivity contribution >= 4 is 0 Å². The third-order valence-electron chi connectivity index (χ3n) is 4.32. The van der Waals surface area contributed by atoms with Gasteiger partial charge in [0, 0.05) is 31.1 Å². The van der Waals surface area contributed by atoms with Gasteiger partial charge in [0.25, 0.3) is 0 Å². The van der Waals surface area contributed by atoms with Crippen LogP contribution in [0.1, 0.15) is 39.2 Å². The molecule has 0 heterocycles. The van der Waals surface area contributed by atoms with E-state index in [4.69, 9.17) is 5.73 Å². The highest BCUT2D eigenvalue weighted by Crippen LogP contribution is 2.25. The average Bonchev–Trinajstić information content (AvgIpc) is 2.49. The van der Waals surface area contributed by atoms with Crippen LogP contribution in [-0.4, -0.2) is 42.3 Å². The minimum Gasteiger partial charge on any atom is -0.395 e. The largest absolute Gasteiger partial charge is 0.395 e. The molecular formula is C17H30N2O. The zero-order chi connectivity index (χ0) is 15.0. The maximum absolute atomic E-state index is 9.34. The lowest BCUT2D eigenvalue weighted by Gasteiger charge is -2.39. The Hall–Kier alpha value is -0.900. The van der Waals surface area contributed by atoms with Crippen molar-refractivity contribution in [2.75, 3.05) is 26.2 Å². The fraction of sp³-hybridized carbons (Fsp3) is 0.647. The summed E-state index contributed by atoms with van der Waals surface area (Å²) in [5, 5.41) is 9.34. The summed E-state index contributed by atoms with van der Waals surface area (Å²) in [5.74, 6) is 0. The van der Waals surface area contributed by atoms with Gasteiger partial charge < -0.3 is 10.8 Å². The molecule has 3 heteroatoms. The fourth-order valence-corrected chi connectivity index (χ4v) is 2.89. The number of benzene rings is 1. The number of nitrogens with two attached hydrogens (primary N) is 1. The third kappa shape index (κ3) is 4.30. The number of aliphatic hydroxyl groups is 1. The molecule has 0 fully saturated rings. The van der Waals surface area contributed by atoms with Crippen LogP contribution in [0.25, 0.3) is 0 Å². The van der Waals surface area contributed by atoms with Gasteiger partial charge >= 0.3 is 0 Å². The lowest BCUT2D eigenvalue weighted by molar-refractivity contribution is 0.118. The molecule has 3 nitrogen and oxygen atoms in total. The fourth-order valence-electron chi connectivity index (χ4n) is 2.89. The topological polar surface area (TPSA) is 49.5 Å². The molecule has 0 aliphatic heterocycles. The Morgan fingerprint density at radius 1 is 1.20 bits per heavy atom. The van der Waals surface area contributed by atoms with Crippen LogP contribution in [-0.2, 0) is 5.41 Å². The van der Waals surface area contributed by atoms with Gasteiger partial charge in [-0.15, -0.1) is 0 Å². The monoisotopic (exact) mass is 278 g/mol. The van der Waals surface area contributed by atoms with Crippen molar-refractivity contribution in [3.63, 3.8) is 0 Å². The van der Waals surface area contributed by atoms with E-state index in [1.807, 2.05) is 6.07 Å². The molecule has 1 aromatic rings. The van der Waals surface area contributed by atoms with Crippen molar-refractivity contribution in [2.45, 2.75) is 45.1 Å². The van der Waals surface area contributed by atoms with E-state index in [1.165, 1.54) is 5.56 Å². The van der Waals surface area contributed by atoms with Crippen LogP contribution >= 0.6 is 0 Å². The summed E-state index contributed by atoms with van der Waals surface area (Å²) in [4.78, 5) is 2.39. The van der Waals surface area contributed by atoms with Gasteiger partial charge in [-0.2, -0.15) is 0 Å². The number of hydrogen-bond acceptors (Lipinski definition) is 3. The minimum atomic E-state index is -0.0704. The third-order valence-corrected chi connectivity index (χ3v) is 4.32. The Labute approximate surface area is 123 Å². The van der Waals surface area contributed by atoms with Crippen LogP contribution in [0.15, 0.2) is 30.3 Å². The molecule has 20 heavy (non-hydrogen) atoms. The molecule has 0 aliphatic rings. The van der Waals surface area contributed by atoms with Gasteiger partial charge in [-0.05, 0) is 18.4 Å². The van der Waals surface area contributed by atoms with E-state index in [0.717, 1.165) is 25.9 Å². The minimum absolute atomic E-state index is 0.0704. The van der Waals surface area contributed by atoms with E-state index < -0.39 is 0 Å². The molecule has 1 unspecified atom stereocenters. The van der Waals surface area contributed by atoms with Crippen molar-refractivity contribution in [3.05, 3.63) is 35.9 Å². The molecule has 0 saturated heterocycles. The molecule has 1 rings (SSSR count). The van der Waals surface area contributed by atoms with Crippen molar-refractivity contribution in [2.24, 2.45) is 5.73 Å². The molecule has 0 aliphatic carbocycles. The Morgan fingerprint density at radius 3 is 2.25 bits per heavy atom. The molecule has 0 spiro atoms. The molecular weight excluding hydrogens is 248 g/mol. The van der Waals surface area contributed by atoms with Crippen LogP contribution in [0.4, 0.5) is 0 Å². The number of nitrogens with zero attached hydrogens (tertiary/aromatic N) is 1. The predicted molar refractivity (Wildman–Crippen MR) is 85.9 cm³/mol. The second-order valence-corrected chi connectivity index (χ2v) is 5.80. The molecule has 1 aromatic carbocycles. The van der Waals surface area contributed by atoms with E-state index in [-0.39, 0.29) is 12.0 Å². The second kappa shape index (κ2) is 8.40. The van der Waals surface area contributed by atoms with Crippen molar-refractivity contribution in [1.82, 2.24) is 4.90 Å². The van der Waals surface area contributed by atoms with Gasteiger partial charge in [-0.3, -0.25) is 4.90 Å². The van der Waals surface area contributed by atoms with Crippen LogP contribution in [0, 0.1) is 0 Å². The Bertz CT molecular complexity index is 365. The highest BCUT2D eigenvalue weighted by Gasteiger charge is 2.29. The highest BCUT2D eigenvalue weighted by atomic mass is 16.3. The van der Waals surface area contributed by atoms with Crippen LogP contribution < -0.4 is 5.73 Å².